The van der Waals surface area contributed by atoms with Gasteiger partial charge < -0.3 is 38.0 Å². The van der Waals surface area contributed by atoms with Crippen LogP contribution in [0.25, 0.3) is 17.2 Å². The molecule has 0 saturated carbocycles. The van der Waals surface area contributed by atoms with Crippen molar-refractivity contribution in [2.24, 2.45) is 0 Å². The molecule has 0 rings (SSSR count). The Kier molecular flexibility index (Phi) is 106. The molecule has 0 bridgehead atoms. The van der Waals surface area contributed by atoms with Crippen molar-refractivity contribution in [1.82, 2.24) is 0 Å². The van der Waals surface area contributed by atoms with Gasteiger partial charge in [0, 0.05) is 36.9 Å². The molecule has 0 amide bonds. The summed E-state index contributed by atoms with van der Waals surface area (Å²) in [5.41, 5.74) is 18.6. The van der Waals surface area contributed by atoms with Gasteiger partial charge in [-0.05, 0) is 0 Å². The minimum atomic E-state index is -0.0139. The number of hydrogen-bond acceptors (Lipinski definition) is 3. The summed E-state index contributed by atoms with van der Waals surface area (Å²) in [6, 6.07) is 0. The summed E-state index contributed by atoms with van der Waals surface area (Å²) in [5, 5.41) is 23.1. The molecule has 8 heteroatoms. The molecule has 0 aliphatic rings. The van der Waals surface area contributed by atoms with Crippen LogP contribution in [-0.4, -0.2) is 60.3 Å². The van der Waals surface area contributed by atoms with Crippen molar-refractivity contribution < 1.29 is 37.9 Å². The van der Waals surface area contributed by atoms with Crippen molar-refractivity contribution in [1.29, 1.82) is 0 Å². The van der Waals surface area contributed by atoms with Gasteiger partial charge in [-0.15, -0.1) is 19.6 Å². The smallest absolute Gasteiger partial charge is 0.0241 e. The molecule has 0 atom stereocenters. The maximum absolute atomic E-state index is 7.69. The summed E-state index contributed by atoms with van der Waals surface area (Å²) in [6.45, 7) is 0.333. The zero-order valence-corrected chi connectivity index (χ0v) is 8.83. The first-order valence-corrected chi connectivity index (χ1v) is 3.51. The topological polar surface area (TPSA) is 164 Å². The van der Waals surface area contributed by atoms with Gasteiger partial charge in [-0.1, -0.05) is 0 Å². The molecule has 0 aromatic rings. The molecule has 97 valence electrons. The van der Waals surface area contributed by atoms with Crippen LogP contribution in [0.5, 0.6) is 0 Å². The molecule has 14 heavy (non-hydrogen) atoms. The molecule has 0 fully saturated rings. The van der Waals surface area contributed by atoms with Gasteiger partial charge in [0.2, 0.25) is 0 Å². The van der Waals surface area contributed by atoms with Gasteiger partial charge in [-0.3, -0.25) is 0 Å². The minimum absolute atomic E-state index is 0. The van der Waals surface area contributed by atoms with E-state index in [-0.39, 0.29) is 62.0 Å². The Morgan fingerprint density at radius 2 is 0.714 bits per heavy atom. The molecule has 1 radical (unpaired) electrons. The molecule has 0 saturated heterocycles. The predicted molar refractivity (Wildman–Crippen MR) is 52.4 cm³/mol. The number of aliphatic hydroxyl groups excluding tert-OH is 3. The van der Waals surface area contributed by atoms with Crippen LogP contribution in [0.4, 0.5) is 0 Å². The van der Waals surface area contributed by atoms with E-state index < -0.39 is 0 Å². The Morgan fingerprint density at radius 1 is 0.643 bits per heavy atom. The normalized spacial score (nSPS) is 6.43. The monoisotopic (exact) mass is 261 g/mol. The molecule has 0 aliphatic carbocycles. The SMILES string of the molecule is O.[Cu].[NH-]CCO.[NH-]CCO.[NH-]CCO. The van der Waals surface area contributed by atoms with Gasteiger partial charge >= 0.3 is 0 Å². The summed E-state index contributed by atoms with van der Waals surface area (Å²) < 4.78 is 0. The van der Waals surface area contributed by atoms with E-state index in [0.717, 1.165) is 0 Å². The van der Waals surface area contributed by atoms with Crippen molar-refractivity contribution in [2.75, 3.05) is 39.5 Å². The molecule has 0 heterocycles. The third kappa shape index (κ3) is 147. The standard InChI is InChI=1S/3C2H6NO.Cu.H2O/c3*3-1-2-4;;/h3*3-4H,1-2H2;;1H2/q3*-1;;. The third-order valence-electron chi connectivity index (χ3n) is 0.335. The largest absolute Gasteiger partial charge is 0.676 e. The second-order valence-corrected chi connectivity index (χ2v) is 1.42. The van der Waals surface area contributed by atoms with E-state index in [9.17, 15) is 0 Å². The molecular weight excluding hydrogens is 242 g/mol. The van der Waals surface area contributed by atoms with Crippen LogP contribution in [-0.2, 0) is 17.1 Å². The van der Waals surface area contributed by atoms with E-state index in [4.69, 9.17) is 32.5 Å². The van der Waals surface area contributed by atoms with E-state index >= 15 is 0 Å². The van der Waals surface area contributed by atoms with Gasteiger partial charge in [0.1, 0.15) is 0 Å². The molecule has 0 spiro atoms. The Bertz CT molecular complexity index is 40.5. The van der Waals surface area contributed by atoms with Crippen LogP contribution >= 0.6 is 0 Å². The van der Waals surface area contributed by atoms with E-state index in [1.807, 2.05) is 0 Å². The molecular formula is C6H20CuN3O4-3. The number of aliphatic hydroxyl groups is 3. The molecule has 0 aromatic carbocycles. The second kappa shape index (κ2) is 50.9. The fourth-order valence-corrected chi connectivity index (χ4v) is 0. The first-order valence-electron chi connectivity index (χ1n) is 3.51. The van der Waals surface area contributed by atoms with E-state index in [2.05, 4.69) is 0 Å². The maximum Gasteiger partial charge on any atom is 0.0241 e. The van der Waals surface area contributed by atoms with Crippen LogP contribution in [0.2, 0.25) is 0 Å². The summed E-state index contributed by atoms with van der Waals surface area (Å²) >= 11 is 0. The molecule has 0 aromatic heterocycles. The first-order chi connectivity index (χ1) is 5.74. The van der Waals surface area contributed by atoms with Gasteiger partial charge in [0.15, 0.2) is 0 Å². The Balaban J connectivity index is -0.0000000270. The van der Waals surface area contributed by atoms with Crippen LogP contribution in [0.3, 0.4) is 0 Å². The molecule has 0 unspecified atom stereocenters. The Morgan fingerprint density at radius 3 is 0.714 bits per heavy atom. The minimum Gasteiger partial charge on any atom is -0.676 e. The first kappa shape index (κ1) is 29.2. The molecule has 8 N–H and O–H groups in total. The summed E-state index contributed by atoms with van der Waals surface area (Å²) in [6.07, 6.45) is 0. The Labute approximate surface area is 95.1 Å². The number of rotatable bonds is 3. The van der Waals surface area contributed by atoms with Crippen LogP contribution in [0.1, 0.15) is 0 Å². The summed E-state index contributed by atoms with van der Waals surface area (Å²) in [5.74, 6) is 0. The van der Waals surface area contributed by atoms with Gasteiger partial charge in [-0.25, -0.2) is 0 Å². The second-order valence-electron chi connectivity index (χ2n) is 1.42. The van der Waals surface area contributed by atoms with Crippen molar-refractivity contribution in [3.8, 4) is 0 Å². The summed E-state index contributed by atoms with van der Waals surface area (Å²) in [7, 11) is 0. The molecule has 0 aliphatic heterocycles. The van der Waals surface area contributed by atoms with Gasteiger partial charge in [0.05, 0.1) is 0 Å². The zero-order valence-electron chi connectivity index (χ0n) is 7.89. The van der Waals surface area contributed by atoms with Crippen LogP contribution < -0.4 is 0 Å². The van der Waals surface area contributed by atoms with E-state index in [0.29, 0.717) is 0 Å². The quantitative estimate of drug-likeness (QED) is 0.571. The van der Waals surface area contributed by atoms with Crippen molar-refractivity contribution >= 4 is 0 Å². The average molecular weight is 262 g/mol. The molecule has 7 nitrogen and oxygen atoms in total. The van der Waals surface area contributed by atoms with E-state index in [1.54, 1.807) is 0 Å². The van der Waals surface area contributed by atoms with Crippen LogP contribution in [0.15, 0.2) is 0 Å². The van der Waals surface area contributed by atoms with Crippen molar-refractivity contribution in [3.05, 3.63) is 17.2 Å². The Hall–Kier alpha value is 0.239. The zero-order chi connectivity index (χ0) is 10.2. The third-order valence-corrected chi connectivity index (χ3v) is 0.335. The van der Waals surface area contributed by atoms with Gasteiger partial charge in [0.25, 0.3) is 0 Å². The average Bonchev–Trinajstić information content (AvgIpc) is 2.18. The number of hydrogen-bond donors (Lipinski definition) is 3. The summed E-state index contributed by atoms with van der Waals surface area (Å²) in [4.78, 5) is 0. The fraction of sp³-hybridized carbons (Fsp3) is 1.00. The van der Waals surface area contributed by atoms with Crippen molar-refractivity contribution in [3.63, 3.8) is 0 Å². The fourth-order valence-electron chi connectivity index (χ4n) is 0. The van der Waals surface area contributed by atoms with Crippen molar-refractivity contribution in [2.45, 2.75) is 0 Å². The predicted octanol–water partition coefficient (Wildman–Crippen LogP) is -0.735. The van der Waals surface area contributed by atoms with E-state index in [1.165, 1.54) is 0 Å². The van der Waals surface area contributed by atoms with Crippen LogP contribution in [0, 0.1) is 0 Å². The van der Waals surface area contributed by atoms with Gasteiger partial charge in [-0.2, -0.15) is 0 Å². The maximum atomic E-state index is 7.69. The number of nitrogens with one attached hydrogen (secondary N) is 3.